The second-order valence-electron chi connectivity index (χ2n) is 6.24. The lowest BCUT2D eigenvalue weighted by molar-refractivity contribution is 0.463. The van der Waals surface area contributed by atoms with Gasteiger partial charge in [-0.15, -0.1) is 0 Å². The van der Waals surface area contributed by atoms with Crippen molar-refractivity contribution in [1.82, 2.24) is 0 Å². The van der Waals surface area contributed by atoms with Gasteiger partial charge in [0.25, 0.3) is 0 Å². The molecule has 0 aliphatic rings. The summed E-state index contributed by atoms with van der Waals surface area (Å²) >= 11 is 0. The van der Waals surface area contributed by atoms with E-state index in [0.29, 0.717) is 12.2 Å². The van der Waals surface area contributed by atoms with Crippen LogP contribution in [-0.4, -0.2) is 8.42 Å². The molecule has 0 saturated carbocycles. The molecule has 3 rings (SSSR count). The predicted molar refractivity (Wildman–Crippen MR) is 109 cm³/mol. The smallest absolute Gasteiger partial charge is 0.339 e. The molecule has 0 fully saturated rings. The molecule has 3 aromatic rings. The van der Waals surface area contributed by atoms with Crippen LogP contribution in [-0.2, 0) is 14.3 Å². The maximum Gasteiger partial charge on any atom is 0.339 e. The molecule has 0 amide bonds. The first-order valence-corrected chi connectivity index (χ1v) is 10.3. The van der Waals surface area contributed by atoms with Gasteiger partial charge in [0.15, 0.2) is 5.76 Å². The molecule has 0 bridgehead atoms. The van der Waals surface area contributed by atoms with Crippen molar-refractivity contribution in [1.29, 1.82) is 0 Å². The molecule has 3 nitrogen and oxygen atoms in total. The Hall–Kier alpha value is -2.85. The largest absolute Gasteiger partial charge is 0.378 e. The lowest BCUT2D eigenvalue weighted by Crippen LogP contribution is -2.08. The van der Waals surface area contributed by atoms with Crippen LogP contribution in [0.4, 0.5) is 0 Å². The molecule has 0 aliphatic heterocycles. The summed E-state index contributed by atoms with van der Waals surface area (Å²) in [6.45, 7) is 3.91. The van der Waals surface area contributed by atoms with E-state index in [4.69, 9.17) is 4.18 Å². The van der Waals surface area contributed by atoms with Crippen molar-refractivity contribution in [3.63, 3.8) is 0 Å². The fraction of sp³-hybridized carbons (Fsp3) is 0.130. The van der Waals surface area contributed by atoms with Crippen LogP contribution in [0.15, 0.2) is 89.8 Å². The summed E-state index contributed by atoms with van der Waals surface area (Å²) in [6, 6.07) is 25.7. The third kappa shape index (κ3) is 4.47. The summed E-state index contributed by atoms with van der Waals surface area (Å²) < 4.78 is 31.6. The van der Waals surface area contributed by atoms with Crippen molar-refractivity contribution in [2.24, 2.45) is 0 Å². The predicted octanol–water partition coefficient (Wildman–Crippen LogP) is 5.68. The van der Waals surface area contributed by atoms with E-state index >= 15 is 0 Å². The maximum atomic E-state index is 12.9. The Labute approximate surface area is 161 Å². The Morgan fingerprint density at radius 2 is 1.30 bits per heavy atom. The first-order chi connectivity index (χ1) is 13.0. The van der Waals surface area contributed by atoms with Gasteiger partial charge >= 0.3 is 10.1 Å². The molecule has 0 radical (unpaired) electrons. The highest BCUT2D eigenvalue weighted by Crippen LogP contribution is 2.32. The van der Waals surface area contributed by atoms with Crippen LogP contribution in [0.25, 0.3) is 11.3 Å². The molecule has 0 atom stereocenters. The second kappa shape index (κ2) is 8.23. The van der Waals surface area contributed by atoms with E-state index in [-0.39, 0.29) is 4.90 Å². The molecular weight excluding hydrogens is 356 g/mol. The zero-order chi connectivity index (χ0) is 19.3. The van der Waals surface area contributed by atoms with Crippen LogP contribution in [0.3, 0.4) is 0 Å². The van der Waals surface area contributed by atoms with E-state index in [0.717, 1.165) is 22.3 Å². The van der Waals surface area contributed by atoms with Crippen LogP contribution in [0, 0.1) is 6.92 Å². The van der Waals surface area contributed by atoms with E-state index in [2.05, 4.69) is 0 Å². The molecule has 27 heavy (non-hydrogen) atoms. The Bertz CT molecular complexity index is 1020. The number of aryl methyl sites for hydroxylation is 1. The molecule has 0 aromatic heterocycles. The lowest BCUT2D eigenvalue weighted by atomic mass is 9.99. The van der Waals surface area contributed by atoms with Gasteiger partial charge in [-0.05, 0) is 31.0 Å². The molecule has 0 aliphatic carbocycles. The van der Waals surface area contributed by atoms with Crippen molar-refractivity contribution in [3.8, 4) is 0 Å². The molecule has 0 heterocycles. The molecular formula is C23H22O3S. The summed E-state index contributed by atoms with van der Waals surface area (Å²) in [6.07, 6.45) is 0.637. The van der Waals surface area contributed by atoms with Gasteiger partial charge in [0.05, 0.1) is 0 Å². The minimum absolute atomic E-state index is 0.144. The fourth-order valence-electron chi connectivity index (χ4n) is 2.86. The first kappa shape index (κ1) is 18.9. The molecule has 0 saturated heterocycles. The number of hydrogen-bond acceptors (Lipinski definition) is 3. The molecule has 3 aromatic carbocycles. The number of benzene rings is 3. The Balaban J connectivity index is 2.14. The summed E-state index contributed by atoms with van der Waals surface area (Å²) in [5, 5.41) is 0. The van der Waals surface area contributed by atoms with Gasteiger partial charge in [0, 0.05) is 11.1 Å². The normalized spacial score (nSPS) is 12.4. The topological polar surface area (TPSA) is 43.4 Å². The maximum absolute atomic E-state index is 12.9. The van der Waals surface area contributed by atoms with Crippen LogP contribution >= 0.6 is 0 Å². The zero-order valence-corrected chi connectivity index (χ0v) is 16.2. The number of hydrogen-bond donors (Lipinski definition) is 0. The third-order valence-electron chi connectivity index (χ3n) is 4.29. The summed E-state index contributed by atoms with van der Waals surface area (Å²) in [5.74, 6) is 0.366. The van der Waals surface area contributed by atoms with Crippen molar-refractivity contribution < 1.29 is 12.6 Å². The standard InChI is InChI=1S/C23H22O3S/c1-3-22(19-10-6-4-7-11-19)23(20-12-8-5-9-13-20)26-27(24,25)21-16-14-18(2)15-17-21/h4-17H,3H2,1-2H3/b23-22+. The van der Waals surface area contributed by atoms with Crippen molar-refractivity contribution >= 4 is 21.5 Å². The Kier molecular flexibility index (Phi) is 5.77. The third-order valence-corrected chi connectivity index (χ3v) is 5.52. The highest BCUT2D eigenvalue weighted by molar-refractivity contribution is 7.87. The second-order valence-corrected chi connectivity index (χ2v) is 7.79. The van der Waals surface area contributed by atoms with Gasteiger partial charge < -0.3 is 4.18 Å². The van der Waals surface area contributed by atoms with Gasteiger partial charge in [0.1, 0.15) is 4.90 Å². The van der Waals surface area contributed by atoms with E-state index in [1.807, 2.05) is 74.5 Å². The van der Waals surface area contributed by atoms with Crippen molar-refractivity contribution in [2.45, 2.75) is 25.2 Å². The average Bonchev–Trinajstić information content (AvgIpc) is 2.69. The summed E-state index contributed by atoms with van der Waals surface area (Å²) in [7, 11) is -3.95. The average molecular weight is 378 g/mol. The van der Waals surface area contributed by atoms with Gasteiger partial charge in [-0.3, -0.25) is 0 Å². The van der Waals surface area contributed by atoms with E-state index in [1.165, 1.54) is 0 Å². The Morgan fingerprint density at radius 1 is 0.778 bits per heavy atom. The van der Waals surface area contributed by atoms with Crippen LogP contribution in [0.2, 0.25) is 0 Å². The van der Waals surface area contributed by atoms with Gasteiger partial charge in [-0.2, -0.15) is 8.42 Å². The van der Waals surface area contributed by atoms with Crippen molar-refractivity contribution in [2.75, 3.05) is 0 Å². The fourth-order valence-corrected chi connectivity index (χ4v) is 3.84. The lowest BCUT2D eigenvalue weighted by Gasteiger charge is -2.16. The van der Waals surface area contributed by atoms with Crippen LogP contribution < -0.4 is 0 Å². The molecule has 138 valence electrons. The SMILES string of the molecule is CC/C(=C(\OS(=O)(=O)c1ccc(C)cc1)c1ccccc1)c1ccccc1. The van der Waals surface area contributed by atoms with E-state index in [1.54, 1.807) is 24.3 Å². The highest BCUT2D eigenvalue weighted by Gasteiger charge is 2.22. The minimum Gasteiger partial charge on any atom is -0.378 e. The van der Waals surface area contributed by atoms with E-state index in [9.17, 15) is 8.42 Å². The number of rotatable bonds is 6. The van der Waals surface area contributed by atoms with Gasteiger partial charge in [0.2, 0.25) is 0 Å². The minimum atomic E-state index is -3.95. The molecule has 0 unspecified atom stereocenters. The van der Waals surface area contributed by atoms with Crippen LogP contribution in [0.5, 0.6) is 0 Å². The van der Waals surface area contributed by atoms with E-state index < -0.39 is 10.1 Å². The molecule has 0 spiro atoms. The van der Waals surface area contributed by atoms with Crippen LogP contribution in [0.1, 0.15) is 30.0 Å². The Morgan fingerprint density at radius 3 is 1.81 bits per heavy atom. The summed E-state index contributed by atoms with van der Waals surface area (Å²) in [5.41, 5.74) is 3.51. The monoisotopic (exact) mass is 378 g/mol. The zero-order valence-electron chi connectivity index (χ0n) is 15.4. The van der Waals surface area contributed by atoms with Gasteiger partial charge in [-0.1, -0.05) is 85.3 Å². The quantitative estimate of drug-likeness (QED) is 0.315. The first-order valence-electron chi connectivity index (χ1n) is 8.86. The number of allylic oxidation sites excluding steroid dienone is 1. The molecule has 0 N–H and O–H groups in total. The van der Waals surface area contributed by atoms with Crippen molar-refractivity contribution in [3.05, 3.63) is 102 Å². The summed E-state index contributed by atoms with van der Waals surface area (Å²) in [4.78, 5) is 0.144. The molecule has 4 heteroatoms. The highest BCUT2D eigenvalue weighted by atomic mass is 32.2. The van der Waals surface area contributed by atoms with Gasteiger partial charge in [-0.25, -0.2) is 0 Å².